The van der Waals surface area contributed by atoms with E-state index in [1.54, 1.807) is 54.3 Å². The van der Waals surface area contributed by atoms with Crippen LogP contribution in [0.5, 0.6) is 5.75 Å². The summed E-state index contributed by atoms with van der Waals surface area (Å²) in [7, 11) is 0. The summed E-state index contributed by atoms with van der Waals surface area (Å²) in [5.41, 5.74) is 3.22. The Morgan fingerprint density at radius 1 is 0.900 bits per heavy atom. The lowest BCUT2D eigenvalue weighted by Crippen LogP contribution is -2.48. The van der Waals surface area contributed by atoms with Gasteiger partial charge >= 0.3 is 18.0 Å². The molecule has 0 aromatic heterocycles. The Bertz CT molecular complexity index is 1390. The predicted molar refractivity (Wildman–Crippen MR) is 155 cm³/mol. The molecule has 1 heterocycles. The zero-order valence-corrected chi connectivity index (χ0v) is 22.9. The van der Waals surface area contributed by atoms with Crippen LogP contribution in [0, 0.1) is 0 Å². The first-order chi connectivity index (χ1) is 19.5. The lowest BCUT2D eigenvalue weighted by atomic mass is 9.91. The van der Waals surface area contributed by atoms with Gasteiger partial charge in [-0.3, -0.25) is 4.90 Å². The van der Waals surface area contributed by atoms with Gasteiger partial charge in [0.1, 0.15) is 5.75 Å². The number of urea groups is 2. The topological polar surface area (TPSA) is 109 Å². The van der Waals surface area contributed by atoms with Crippen LogP contribution < -0.4 is 20.7 Å². The molecule has 4 amide bonds. The van der Waals surface area contributed by atoms with Crippen molar-refractivity contribution in [3.63, 3.8) is 0 Å². The standard InChI is InChI=1S/C31H34N4O5/c1-4-19-35-28(21-13-8-7-9-14-21)26(29(36)40-6-3)27(34-31(35)38)22-15-12-16-23(20-22)32-30(37)33-24-17-10-11-18-25(24)39-5-2/h7-18,20,27H,4-6,19H2,1-3H3,(H,34,38)(H2,32,33,37). The van der Waals surface area contributed by atoms with Crippen LogP contribution in [0.15, 0.2) is 84.4 Å². The molecule has 9 heteroatoms. The van der Waals surface area contributed by atoms with E-state index in [1.807, 2.05) is 50.2 Å². The van der Waals surface area contributed by atoms with Crippen molar-refractivity contribution < 1.29 is 23.9 Å². The number of rotatable bonds is 10. The molecule has 3 aromatic carbocycles. The lowest BCUT2D eigenvalue weighted by molar-refractivity contribution is -0.138. The lowest BCUT2D eigenvalue weighted by Gasteiger charge is -2.37. The number of para-hydroxylation sites is 2. The first-order valence-corrected chi connectivity index (χ1v) is 13.4. The molecular formula is C31H34N4O5. The summed E-state index contributed by atoms with van der Waals surface area (Å²) in [6, 6.07) is 22.0. The number of ether oxygens (including phenoxy) is 2. The molecule has 3 N–H and O–H groups in total. The molecule has 9 nitrogen and oxygen atoms in total. The van der Waals surface area contributed by atoms with Crippen LogP contribution in [0.2, 0.25) is 0 Å². The minimum atomic E-state index is -0.793. The maximum absolute atomic E-state index is 13.4. The van der Waals surface area contributed by atoms with Gasteiger partial charge in [0, 0.05) is 12.2 Å². The fraction of sp³-hybridized carbons (Fsp3) is 0.258. The van der Waals surface area contributed by atoms with Gasteiger partial charge in [-0.2, -0.15) is 0 Å². The number of nitrogens with one attached hydrogen (secondary N) is 3. The number of hydrogen-bond acceptors (Lipinski definition) is 5. The van der Waals surface area contributed by atoms with E-state index in [-0.39, 0.29) is 12.6 Å². The first-order valence-electron chi connectivity index (χ1n) is 13.4. The monoisotopic (exact) mass is 542 g/mol. The largest absolute Gasteiger partial charge is 0.492 e. The third-order valence-electron chi connectivity index (χ3n) is 6.23. The van der Waals surface area contributed by atoms with E-state index in [0.717, 1.165) is 5.56 Å². The molecule has 4 rings (SSSR count). The molecule has 208 valence electrons. The SMILES string of the molecule is CCCN1C(=O)NC(c2cccc(NC(=O)Nc3ccccc3OCC)c2)C(C(=O)OCC)=C1c1ccccc1. The van der Waals surface area contributed by atoms with Gasteiger partial charge in [-0.1, -0.05) is 61.5 Å². The van der Waals surface area contributed by atoms with Gasteiger partial charge in [0.15, 0.2) is 0 Å². The average molecular weight is 543 g/mol. The van der Waals surface area contributed by atoms with Crippen LogP contribution in [0.3, 0.4) is 0 Å². The molecule has 40 heavy (non-hydrogen) atoms. The molecule has 0 fully saturated rings. The number of hydrogen-bond donors (Lipinski definition) is 3. The van der Waals surface area contributed by atoms with Crippen molar-refractivity contribution >= 4 is 35.1 Å². The van der Waals surface area contributed by atoms with E-state index in [1.165, 1.54) is 0 Å². The number of benzene rings is 3. The number of nitrogens with zero attached hydrogens (tertiary/aromatic N) is 1. The molecule has 3 aromatic rings. The number of anilines is 2. The fourth-order valence-corrected chi connectivity index (χ4v) is 4.61. The Hall–Kier alpha value is -4.79. The second-order valence-electron chi connectivity index (χ2n) is 9.02. The van der Waals surface area contributed by atoms with Gasteiger partial charge in [0.25, 0.3) is 0 Å². The van der Waals surface area contributed by atoms with Gasteiger partial charge in [-0.05, 0) is 55.7 Å². The summed E-state index contributed by atoms with van der Waals surface area (Å²) in [5, 5.41) is 8.62. The highest BCUT2D eigenvalue weighted by atomic mass is 16.5. The molecule has 0 saturated heterocycles. The molecule has 1 unspecified atom stereocenters. The molecule has 0 saturated carbocycles. The highest BCUT2D eigenvalue weighted by molar-refractivity contribution is 6.05. The summed E-state index contributed by atoms with van der Waals surface area (Å²) < 4.78 is 11.1. The molecular weight excluding hydrogens is 508 g/mol. The van der Waals surface area contributed by atoms with E-state index in [9.17, 15) is 14.4 Å². The highest BCUT2D eigenvalue weighted by Crippen LogP contribution is 2.37. The Balaban J connectivity index is 1.70. The van der Waals surface area contributed by atoms with E-state index in [0.29, 0.717) is 53.5 Å². The van der Waals surface area contributed by atoms with Crippen LogP contribution in [0.1, 0.15) is 44.4 Å². The van der Waals surface area contributed by atoms with Crippen molar-refractivity contribution in [2.45, 2.75) is 33.2 Å². The third kappa shape index (κ3) is 6.43. The Labute approximate surface area is 234 Å². The van der Waals surface area contributed by atoms with Crippen molar-refractivity contribution in [1.29, 1.82) is 0 Å². The van der Waals surface area contributed by atoms with E-state index < -0.39 is 18.0 Å². The Kier molecular flexibility index (Phi) is 9.40. The summed E-state index contributed by atoms with van der Waals surface area (Å²) in [6.07, 6.45) is 0.700. The first kappa shape index (κ1) is 28.2. The van der Waals surface area contributed by atoms with Gasteiger partial charge < -0.3 is 25.4 Å². The van der Waals surface area contributed by atoms with Crippen LogP contribution in [-0.2, 0) is 9.53 Å². The minimum Gasteiger partial charge on any atom is -0.492 e. The quantitative estimate of drug-likeness (QED) is 0.265. The third-order valence-corrected chi connectivity index (χ3v) is 6.23. The van der Waals surface area contributed by atoms with Gasteiger partial charge in [0.05, 0.1) is 36.2 Å². The van der Waals surface area contributed by atoms with E-state index in [2.05, 4.69) is 16.0 Å². The summed E-state index contributed by atoms with van der Waals surface area (Å²) in [4.78, 5) is 41.2. The van der Waals surface area contributed by atoms with Crippen molar-refractivity contribution in [2.75, 3.05) is 30.4 Å². The van der Waals surface area contributed by atoms with Crippen LogP contribution in [-0.4, -0.2) is 42.7 Å². The number of amides is 4. The summed E-state index contributed by atoms with van der Waals surface area (Å²) in [6.45, 7) is 6.66. The Morgan fingerprint density at radius 3 is 2.38 bits per heavy atom. The van der Waals surface area contributed by atoms with Gasteiger partial charge in [-0.25, -0.2) is 14.4 Å². The number of esters is 1. The van der Waals surface area contributed by atoms with Crippen molar-refractivity contribution in [3.05, 3.63) is 95.6 Å². The summed E-state index contributed by atoms with van der Waals surface area (Å²) >= 11 is 0. The molecule has 0 aliphatic carbocycles. The second kappa shape index (κ2) is 13.3. The number of carbonyl (C=O) groups is 3. The molecule has 0 spiro atoms. The van der Waals surface area contributed by atoms with Crippen molar-refractivity contribution in [2.24, 2.45) is 0 Å². The molecule has 0 bridgehead atoms. The van der Waals surface area contributed by atoms with Gasteiger partial charge in [-0.15, -0.1) is 0 Å². The predicted octanol–water partition coefficient (Wildman–Crippen LogP) is 6.18. The molecule has 1 aliphatic heterocycles. The van der Waals surface area contributed by atoms with E-state index in [4.69, 9.17) is 9.47 Å². The molecule has 0 radical (unpaired) electrons. The summed E-state index contributed by atoms with van der Waals surface area (Å²) in [5.74, 6) is 0.0456. The fourth-order valence-electron chi connectivity index (χ4n) is 4.61. The maximum atomic E-state index is 13.4. The normalized spacial score (nSPS) is 14.8. The zero-order valence-electron chi connectivity index (χ0n) is 22.9. The zero-order chi connectivity index (χ0) is 28.5. The second-order valence-corrected chi connectivity index (χ2v) is 9.02. The average Bonchev–Trinajstić information content (AvgIpc) is 2.95. The van der Waals surface area contributed by atoms with Crippen LogP contribution >= 0.6 is 0 Å². The van der Waals surface area contributed by atoms with Crippen LogP contribution in [0.25, 0.3) is 5.70 Å². The van der Waals surface area contributed by atoms with E-state index >= 15 is 0 Å². The molecule has 1 atom stereocenters. The van der Waals surface area contributed by atoms with Gasteiger partial charge in [0.2, 0.25) is 0 Å². The Morgan fingerprint density at radius 2 is 1.65 bits per heavy atom. The smallest absolute Gasteiger partial charge is 0.338 e. The maximum Gasteiger partial charge on any atom is 0.338 e. The highest BCUT2D eigenvalue weighted by Gasteiger charge is 2.38. The van der Waals surface area contributed by atoms with Crippen molar-refractivity contribution in [3.8, 4) is 5.75 Å². The number of carbonyl (C=O) groups excluding carboxylic acids is 3. The van der Waals surface area contributed by atoms with Crippen molar-refractivity contribution in [1.82, 2.24) is 10.2 Å². The molecule has 1 aliphatic rings. The minimum absolute atomic E-state index is 0.184. The van der Waals surface area contributed by atoms with Crippen LogP contribution in [0.4, 0.5) is 21.0 Å².